The van der Waals surface area contributed by atoms with Crippen LogP contribution in [0.15, 0.2) is 0 Å². The third kappa shape index (κ3) is 4.90. The Balaban J connectivity index is 3.64. The molecule has 0 nitrogen and oxygen atoms in total. The van der Waals surface area contributed by atoms with E-state index < -0.39 is 4.33 Å². The molecule has 0 aromatic rings. The highest BCUT2D eigenvalue weighted by Crippen LogP contribution is 2.32. The van der Waals surface area contributed by atoms with Gasteiger partial charge in [0.25, 0.3) is 0 Å². The van der Waals surface area contributed by atoms with Crippen molar-refractivity contribution < 1.29 is 0 Å². The van der Waals surface area contributed by atoms with Gasteiger partial charge in [-0.05, 0) is 12.8 Å². The standard InChI is InChI=1S/C6H10Cl4/c1-2-6(9,10)3-5(8)4-7/h5H,2-4H2,1H3. The predicted molar refractivity (Wildman–Crippen MR) is 49.7 cm³/mol. The van der Waals surface area contributed by atoms with E-state index in [4.69, 9.17) is 46.4 Å². The molecule has 0 aromatic carbocycles. The molecule has 0 rings (SSSR count). The number of halogens is 4. The Hall–Kier alpha value is 1.16. The van der Waals surface area contributed by atoms with Crippen molar-refractivity contribution in [3.8, 4) is 0 Å². The van der Waals surface area contributed by atoms with E-state index in [0.29, 0.717) is 18.7 Å². The fraction of sp³-hybridized carbons (Fsp3) is 1.00. The highest BCUT2D eigenvalue weighted by Gasteiger charge is 2.24. The lowest BCUT2D eigenvalue weighted by Gasteiger charge is -2.18. The molecule has 0 saturated carbocycles. The zero-order valence-corrected chi connectivity index (χ0v) is 8.73. The Morgan fingerprint density at radius 2 is 1.90 bits per heavy atom. The summed E-state index contributed by atoms with van der Waals surface area (Å²) in [5.41, 5.74) is 0. The van der Waals surface area contributed by atoms with E-state index in [-0.39, 0.29) is 5.38 Å². The molecule has 0 fully saturated rings. The van der Waals surface area contributed by atoms with Crippen LogP contribution in [0.1, 0.15) is 19.8 Å². The van der Waals surface area contributed by atoms with Crippen molar-refractivity contribution in [3.05, 3.63) is 0 Å². The lowest BCUT2D eigenvalue weighted by molar-refractivity contribution is 0.664. The zero-order valence-electron chi connectivity index (χ0n) is 5.71. The van der Waals surface area contributed by atoms with Gasteiger partial charge < -0.3 is 0 Å². The summed E-state index contributed by atoms with van der Waals surface area (Å²) in [5.74, 6) is 0.392. The van der Waals surface area contributed by atoms with Crippen LogP contribution >= 0.6 is 46.4 Å². The second-order valence-corrected chi connectivity index (χ2v) is 4.73. The van der Waals surface area contributed by atoms with Crippen molar-refractivity contribution in [3.63, 3.8) is 0 Å². The molecule has 0 aliphatic heterocycles. The Bertz CT molecular complexity index is 91.7. The minimum absolute atomic E-state index is 0.128. The van der Waals surface area contributed by atoms with Crippen molar-refractivity contribution in [2.45, 2.75) is 29.5 Å². The molecule has 0 amide bonds. The fourth-order valence-electron chi connectivity index (χ4n) is 0.523. The monoisotopic (exact) mass is 222 g/mol. The van der Waals surface area contributed by atoms with Gasteiger partial charge in [-0.3, -0.25) is 0 Å². The Labute approximate surface area is 81.8 Å². The summed E-state index contributed by atoms with van der Waals surface area (Å²) < 4.78 is -0.707. The van der Waals surface area contributed by atoms with Crippen LogP contribution < -0.4 is 0 Å². The molecule has 0 aromatic heterocycles. The first-order valence-electron chi connectivity index (χ1n) is 3.09. The van der Waals surface area contributed by atoms with Gasteiger partial charge in [-0.1, -0.05) is 6.92 Å². The Morgan fingerprint density at radius 3 is 2.20 bits per heavy atom. The average molecular weight is 224 g/mol. The van der Waals surface area contributed by atoms with Crippen LogP contribution in [-0.4, -0.2) is 15.6 Å². The SMILES string of the molecule is CCC(Cl)(Cl)CC(Cl)CCl. The lowest BCUT2D eigenvalue weighted by Crippen LogP contribution is -2.18. The molecule has 0 bridgehead atoms. The van der Waals surface area contributed by atoms with E-state index in [0.717, 1.165) is 0 Å². The second kappa shape index (κ2) is 4.92. The number of alkyl halides is 4. The molecular formula is C6H10Cl4. The van der Waals surface area contributed by atoms with Gasteiger partial charge in [-0.2, -0.15) is 0 Å². The van der Waals surface area contributed by atoms with Crippen LogP contribution in [0.5, 0.6) is 0 Å². The molecule has 1 unspecified atom stereocenters. The molecule has 4 heteroatoms. The first-order chi connectivity index (χ1) is 4.52. The van der Waals surface area contributed by atoms with E-state index in [1.54, 1.807) is 0 Å². The quantitative estimate of drug-likeness (QED) is 0.637. The van der Waals surface area contributed by atoms with Gasteiger partial charge in [0.1, 0.15) is 4.33 Å². The minimum Gasteiger partial charge on any atom is -0.125 e. The average Bonchev–Trinajstić information content (AvgIpc) is 1.87. The predicted octanol–water partition coefficient (Wildman–Crippen LogP) is 3.81. The summed E-state index contributed by atoms with van der Waals surface area (Å²) in [6.45, 7) is 1.91. The summed E-state index contributed by atoms with van der Waals surface area (Å²) in [7, 11) is 0. The molecule has 0 heterocycles. The maximum Gasteiger partial charge on any atom is 0.119 e. The van der Waals surface area contributed by atoms with Crippen molar-refractivity contribution in [2.75, 3.05) is 5.88 Å². The molecule has 0 N–H and O–H groups in total. The van der Waals surface area contributed by atoms with Crippen LogP contribution in [-0.2, 0) is 0 Å². The minimum atomic E-state index is -0.707. The summed E-state index contributed by atoms with van der Waals surface area (Å²) in [6.07, 6.45) is 1.23. The molecule has 0 radical (unpaired) electrons. The van der Waals surface area contributed by atoms with E-state index in [1.807, 2.05) is 6.92 Å². The largest absolute Gasteiger partial charge is 0.125 e. The third-order valence-corrected chi connectivity index (χ3v) is 2.89. The van der Waals surface area contributed by atoms with Gasteiger partial charge in [0.05, 0.1) is 0 Å². The van der Waals surface area contributed by atoms with Crippen molar-refractivity contribution in [1.82, 2.24) is 0 Å². The molecule has 10 heavy (non-hydrogen) atoms. The first-order valence-corrected chi connectivity index (χ1v) is 4.82. The fourth-order valence-corrected chi connectivity index (χ4v) is 1.43. The lowest BCUT2D eigenvalue weighted by atomic mass is 10.2. The highest BCUT2D eigenvalue weighted by atomic mass is 35.5. The Morgan fingerprint density at radius 1 is 1.40 bits per heavy atom. The van der Waals surface area contributed by atoms with Gasteiger partial charge >= 0.3 is 0 Å². The summed E-state index contributed by atoms with van der Waals surface area (Å²) in [5, 5.41) is -0.128. The van der Waals surface area contributed by atoms with E-state index >= 15 is 0 Å². The highest BCUT2D eigenvalue weighted by molar-refractivity contribution is 6.48. The van der Waals surface area contributed by atoms with Gasteiger partial charge in [0, 0.05) is 11.3 Å². The van der Waals surface area contributed by atoms with Crippen molar-refractivity contribution in [1.29, 1.82) is 0 Å². The van der Waals surface area contributed by atoms with Gasteiger partial charge in [-0.15, -0.1) is 46.4 Å². The molecule has 62 valence electrons. The van der Waals surface area contributed by atoms with Crippen LogP contribution in [0, 0.1) is 0 Å². The Kier molecular flexibility index (Phi) is 5.49. The number of rotatable bonds is 4. The van der Waals surface area contributed by atoms with Gasteiger partial charge in [0.15, 0.2) is 0 Å². The van der Waals surface area contributed by atoms with Crippen LogP contribution in [0.25, 0.3) is 0 Å². The number of hydrogen-bond donors (Lipinski definition) is 0. The smallest absolute Gasteiger partial charge is 0.119 e. The van der Waals surface area contributed by atoms with Crippen LogP contribution in [0.4, 0.5) is 0 Å². The van der Waals surface area contributed by atoms with Gasteiger partial charge in [-0.25, -0.2) is 0 Å². The topological polar surface area (TPSA) is 0 Å². The first kappa shape index (κ1) is 11.2. The van der Waals surface area contributed by atoms with Gasteiger partial charge in [0.2, 0.25) is 0 Å². The maximum absolute atomic E-state index is 5.82. The van der Waals surface area contributed by atoms with Crippen molar-refractivity contribution >= 4 is 46.4 Å². The summed E-state index contributed by atoms with van der Waals surface area (Å²) in [4.78, 5) is 0. The molecule has 0 aliphatic carbocycles. The normalized spacial score (nSPS) is 15.3. The van der Waals surface area contributed by atoms with Crippen LogP contribution in [0.3, 0.4) is 0 Å². The molecular weight excluding hydrogens is 214 g/mol. The summed E-state index contributed by atoms with van der Waals surface area (Å²) in [6, 6.07) is 0. The molecule has 0 spiro atoms. The van der Waals surface area contributed by atoms with E-state index in [2.05, 4.69) is 0 Å². The third-order valence-electron chi connectivity index (χ3n) is 1.20. The molecule has 0 aliphatic rings. The summed E-state index contributed by atoms with van der Waals surface area (Å²) >= 11 is 22.8. The number of hydrogen-bond acceptors (Lipinski definition) is 0. The zero-order chi connectivity index (χ0) is 8.20. The second-order valence-electron chi connectivity index (χ2n) is 2.17. The van der Waals surface area contributed by atoms with Crippen LogP contribution in [0.2, 0.25) is 0 Å². The maximum atomic E-state index is 5.82. The molecule has 1 atom stereocenters. The van der Waals surface area contributed by atoms with E-state index in [1.165, 1.54) is 0 Å². The van der Waals surface area contributed by atoms with Crippen molar-refractivity contribution in [2.24, 2.45) is 0 Å². The molecule has 0 saturated heterocycles. The van der Waals surface area contributed by atoms with E-state index in [9.17, 15) is 0 Å².